The van der Waals surface area contributed by atoms with E-state index in [1.54, 1.807) is 0 Å². The lowest BCUT2D eigenvalue weighted by molar-refractivity contribution is 0.325. The van der Waals surface area contributed by atoms with Crippen LogP contribution in [0, 0.1) is 18.3 Å². The molecule has 2 heterocycles. The largest absolute Gasteiger partial charge is 0.312 e. The van der Waals surface area contributed by atoms with Crippen LogP contribution in [0.1, 0.15) is 19.3 Å². The first-order valence-corrected chi connectivity index (χ1v) is 5.29. The average molecular weight is 178 g/mol. The summed E-state index contributed by atoms with van der Waals surface area (Å²) in [6, 6.07) is 0.756. The molecule has 0 unspecified atom stereocenters. The first-order valence-electron chi connectivity index (χ1n) is 5.29. The van der Waals surface area contributed by atoms with Crippen molar-refractivity contribution in [1.29, 1.82) is 0 Å². The van der Waals surface area contributed by atoms with Crippen LogP contribution in [-0.4, -0.2) is 37.1 Å². The molecule has 2 aliphatic heterocycles. The van der Waals surface area contributed by atoms with Crippen LogP contribution in [-0.2, 0) is 0 Å². The third-order valence-corrected chi connectivity index (χ3v) is 3.25. The maximum atomic E-state index is 5.26. The van der Waals surface area contributed by atoms with Gasteiger partial charge in [0.05, 0.1) is 0 Å². The van der Waals surface area contributed by atoms with E-state index in [9.17, 15) is 0 Å². The number of hydrogen-bond acceptors (Lipinski definition) is 2. The van der Waals surface area contributed by atoms with Crippen LogP contribution in [0.2, 0.25) is 0 Å². The number of terminal acetylenes is 1. The molecule has 2 saturated heterocycles. The summed E-state index contributed by atoms with van der Waals surface area (Å²) in [6.07, 6.45) is 8.92. The van der Waals surface area contributed by atoms with E-state index in [2.05, 4.69) is 16.1 Å². The van der Waals surface area contributed by atoms with Crippen LogP contribution in [0.15, 0.2) is 0 Å². The quantitative estimate of drug-likeness (QED) is 0.626. The summed E-state index contributed by atoms with van der Waals surface area (Å²) in [5, 5.41) is 3.59. The van der Waals surface area contributed by atoms with Crippen molar-refractivity contribution < 1.29 is 0 Å². The molecular weight excluding hydrogens is 160 g/mol. The Morgan fingerprint density at radius 2 is 2.38 bits per heavy atom. The fraction of sp³-hybridized carbons (Fsp3) is 0.818. The Morgan fingerprint density at radius 1 is 1.46 bits per heavy atom. The van der Waals surface area contributed by atoms with Gasteiger partial charge in [0.25, 0.3) is 0 Å². The van der Waals surface area contributed by atoms with E-state index in [0.717, 1.165) is 24.9 Å². The molecule has 1 N–H and O–H groups in total. The van der Waals surface area contributed by atoms with Crippen molar-refractivity contribution in [2.45, 2.75) is 25.3 Å². The SMILES string of the molecule is C#CCCN1C[C@@H]2CCCN[C@@H]2C1. The molecule has 2 heteroatoms. The number of likely N-dealkylation sites (tertiary alicyclic amines) is 1. The van der Waals surface area contributed by atoms with E-state index in [1.807, 2.05) is 0 Å². The molecule has 0 saturated carbocycles. The van der Waals surface area contributed by atoms with E-state index >= 15 is 0 Å². The van der Waals surface area contributed by atoms with Crippen LogP contribution < -0.4 is 5.32 Å². The van der Waals surface area contributed by atoms with Crippen molar-refractivity contribution in [2.75, 3.05) is 26.2 Å². The Kier molecular flexibility index (Phi) is 2.87. The number of nitrogens with zero attached hydrogens (tertiary/aromatic N) is 1. The second kappa shape index (κ2) is 4.13. The Morgan fingerprint density at radius 3 is 3.15 bits per heavy atom. The van der Waals surface area contributed by atoms with Gasteiger partial charge in [-0.2, -0.15) is 0 Å². The molecular formula is C11H18N2. The van der Waals surface area contributed by atoms with Gasteiger partial charge in [0.1, 0.15) is 0 Å². The van der Waals surface area contributed by atoms with Crippen molar-refractivity contribution >= 4 is 0 Å². The molecule has 0 aromatic heterocycles. The van der Waals surface area contributed by atoms with Crippen LogP contribution in [0.4, 0.5) is 0 Å². The molecule has 2 rings (SSSR count). The van der Waals surface area contributed by atoms with Crippen LogP contribution in [0.3, 0.4) is 0 Å². The second-order valence-electron chi connectivity index (χ2n) is 4.18. The Bertz CT molecular complexity index is 193. The first-order chi connectivity index (χ1) is 6.40. The maximum absolute atomic E-state index is 5.26. The third-order valence-electron chi connectivity index (χ3n) is 3.25. The fourth-order valence-electron chi connectivity index (χ4n) is 2.54. The van der Waals surface area contributed by atoms with E-state index in [-0.39, 0.29) is 0 Å². The molecule has 0 aromatic rings. The molecule has 0 aliphatic carbocycles. The highest BCUT2D eigenvalue weighted by Gasteiger charge is 2.33. The zero-order valence-electron chi connectivity index (χ0n) is 8.13. The molecule has 2 atom stereocenters. The van der Waals surface area contributed by atoms with Crippen molar-refractivity contribution in [3.05, 3.63) is 0 Å². The number of rotatable bonds is 2. The smallest absolute Gasteiger partial charge is 0.0235 e. The van der Waals surface area contributed by atoms with Gasteiger partial charge in [-0.1, -0.05) is 0 Å². The third kappa shape index (κ3) is 2.04. The van der Waals surface area contributed by atoms with Crippen molar-refractivity contribution in [3.63, 3.8) is 0 Å². The number of piperidine rings is 1. The molecule has 0 bridgehead atoms. The van der Waals surface area contributed by atoms with Gasteiger partial charge in [0.15, 0.2) is 0 Å². The normalized spacial score (nSPS) is 34.1. The van der Waals surface area contributed by atoms with E-state index in [1.165, 1.54) is 32.5 Å². The van der Waals surface area contributed by atoms with Crippen LogP contribution in [0.25, 0.3) is 0 Å². The van der Waals surface area contributed by atoms with E-state index in [4.69, 9.17) is 6.42 Å². The predicted molar refractivity (Wildman–Crippen MR) is 54.4 cm³/mol. The standard InChI is InChI=1S/C11H18N2/c1-2-3-7-13-8-10-5-4-6-12-11(10)9-13/h1,10-12H,3-9H2/t10-,11+/m0/s1. The zero-order chi connectivity index (χ0) is 9.10. The minimum Gasteiger partial charge on any atom is -0.312 e. The summed E-state index contributed by atoms with van der Waals surface area (Å²) < 4.78 is 0. The van der Waals surface area contributed by atoms with Crippen molar-refractivity contribution in [3.8, 4) is 12.3 Å². The van der Waals surface area contributed by atoms with Gasteiger partial charge in [0.2, 0.25) is 0 Å². The number of nitrogens with one attached hydrogen (secondary N) is 1. The molecule has 72 valence electrons. The molecule has 13 heavy (non-hydrogen) atoms. The summed E-state index contributed by atoms with van der Waals surface area (Å²) in [7, 11) is 0. The molecule has 0 amide bonds. The first kappa shape index (κ1) is 9.05. The highest BCUT2D eigenvalue weighted by Crippen LogP contribution is 2.24. The van der Waals surface area contributed by atoms with Gasteiger partial charge in [-0.05, 0) is 25.3 Å². The van der Waals surface area contributed by atoms with Gasteiger partial charge in [0, 0.05) is 32.1 Å². The Hall–Kier alpha value is -0.520. The molecule has 0 radical (unpaired) electrons. The van der Waals surface area contributed by atoms with Gasteiger partial charge in [-0.15, -0.1) is 12.3 Å². The molecule has 0 spiro atoms. The van der Waals surface area contributed by atoms with Crippen LogP contribution >= 0.6 is 0 Å². The summed E-state index contributed by atoms with van der Waals surface area (Å²) >= 11 is 0. The van der Waals surface area contributed by atoms with Crippen LogP contribution in [0.5, 0.6) is 0 Å². The minimum absolute atomic E-state index is 0.756. The molecule has 2 fully saturated rings. The van der Waals surface area contributed by atoms with Gasteiger partial charge in [-0.3, -0.25) is 0 Å². The van der Waals surface area contributed by atoms with E-state index < -0.39 is 0 Å². The van der Waals surface area contributed by atoms with Crippen molar-refractivity contribution in [2.24, 2.45) is 5.92 Å². The summed E-state index contributed by atoms with van der Waals surface area (Å²) in [5.41, 5.74) is 0. The van der Waals surface area contributed by atoms with Gasteiger partial charge < -0.3 is 10.2 Å². The van der Waals surface area contributed by atoms with Gasteiger partial charge >= 0.3 is 0 Å². The molecule has 2 nitrogen and oxygen atoms in total. The highest BCUT2D eigenvalue weighted by molar-refractivity contribution is 4.93. The average Bonchev–Trinajstić information content (AvgIpc) is 2.57. The lowest BCUT2D eigenvalue weighted by Crippen LogP contribution is -2.40. The molecule has 0 aromatic carbocycles. The Balaban J connectivity index is 1.81. The zero-order valence-corrected chi connectivity index (χ0v) is 8.13. The second-order valence-corrected chi connectivity index (χ2v) is 4.18. The molecule has 2 aliphatic rings. The minimum atomic E-state index is 0.756. The highest BCUT2D eigenvalue weighted by atomic mass is 15.2. The van der Waals surface area contributed by atoms with Gasteiger partial charge in [-0.25, -0.2) is 0 Å². The topological polar surface area (TPSA) is 15.3 Å². The predicted octanol–water partition coefficient (Wildman–Crippen LogP) is 0.693. The number of fused-ring (bicyclic) bond motifs is 1. The fourth-order valence-corrected chi connectivity index (χ4v) is 2.54. The lowest BCUT2D eigenvalue weighted by atomic mass is 9.94. The lowest BCUT2D eigenvalue weighted by Gasteiger charge is -2.24. The summed E-state index contributed by atoms with van der Waals surface area (Å²) in [5.74, 6) is 3.61. The van der Waals surface area contributed by atoms with Crippen molar-refractivity contribution in [1.82, 2.24) is 10.2 Å². The maximum Gasteiger partial charge on any atom is 0.0235 e. The summed E-state index contributed by atoms with van der Waals surface area (Å²) in [6.45, 7) is 4.78. The number of hydrogen-bond donors (Lipinski definition) is 1. The monoisotopic (exact) mass is 178 g/mol. The van der Waals surface area contributed by atoms with E-state index in [0.29, 0.717) is 0 Å². The Labute approximate surface area is 80.7 Å². The summed E-state index contributed by atoms with van der Waals surface area (Å²) in [4.78, 5) is 2.51.